The second-order valence-electron chi connectivity index (χ2n) is 4.97. The molecule has 0 atom stereocenters. The van der Waals surface area contributed by atoms with Crippen LogP contribution in [0.2, 0.25) is 5.02 Å². The van der Waals surface area contributed by atoms with Crippen LogP contribution in [0.25, 0.3) is 11.1 Å². The Morgan fingerprint density at radius 2 is 2.23 bits per heavy atom. The van der Waals surface area contributed by atoms with E-state index in [0.29, 0.717) is 0 Å². The molecule has 0 aliphatic rings. The lowest BCUT2D eigenvalue weighted by molar-refractivity contribution is -0.00239. The van der Waals surface area contributed by atoms with Crippen molar-refractivity contribution >= 4 is 34.5 Å². The van der Waals surface area contributed by atoms with Gasteiger partial charge in [0.15, 0.2) is 11.4 Å². The zero-order chi connectivity index (χ0) is 16.5. The zero-order valence-corrected chi connectivity index (χ0v) is 13.4. The Hall–Kier alpha value is -1.86. The van der Waals surface area contributed by atoms with E-state index in [-0.39, 0.29) is 34.3 Å². The molecule has 2 aromatic rings. The summed E-state index contributed by atoms with van der Waals surface area (Å²) in [6.07, 6.45) is -0.797. The molecule has 0 radical (unpaired) electrons. The monoisotopic (exact) mass is 330 g/mol. The topological polar surface area (TPSA) is 73.6 Å². The number of hydrogen-bond acceptors (Lipinski definition) is 5. The van der Waals surface area contributed by atoms with E-state index < -0.39 is 17.5 Å². The van der Waals surface area contributed by atoms with Crippen LogP contribution in [0.4, 0.5) is 14.9 Å². The largest absolute Gasteiger partial charge is 0.450 e. The van der Waals surface area contributed by atoms with Gasteiger partial charge in [-0.2, -0.15) is 0 Å². The van der Waals surface area contributed by atoms with Gasteiger partial charge in [0.2, 0.25) is 5.89 Å². The number of carbonyl (C=O) groups is 1. The van der Waals surface area contributed by atoms with Crippen LogP contribution in [0.3, 0.4) is 0 Å². The summed E-state index contributed by atoms with van der Waals surface area (Å²) in [5.41, 5.74) is -0.753. The normalized spacial score (nSPS) is 11.7. The standard InChI is InChI=1S/C14H16ClFN2O4/c1-5-21-13(19)18-10-8(16)6-7(15)9-11(10)22-12(17-9)14(2,3)20-4/h6H,5H2,1-4H3,(H,18,19). The van der Waals surface area contributed by atoms with Gasteiger partial charge in [0.1, 0.15) is 16.8 Å². The summed E-state index contributed by atoms with van der Waals surface area (Å²) in [5.74, 6) is -0.534. The third kappa shape index (κ3) is 3.00. The van der Waals surface area contributed by atoms with Gasteiger partial charge in [-0.15, -0.1) is 0 Å². The fourth-order valence-corrected chi connectivity index (χ4v) is 1.97. The molecular formula is C14H16ClFN2O4. The number of benzene rings is 1. The molecule has 0 bridgehead atoms. The number of halogens is 2. The molecule has 0 aliphatic carbocycles. The lowest BCUT2D eigenvalue weighted by atomic mass is 10.1. The van der Waals surface area contributed by atoms with Crippen LogP contribution >= 0.6 is 11.6 Å². The van der Waals surface area contributed by atoms with Crippen LogP contribution in [0.5, 0.6) is 0 Å². The third-order valence-electron chi connectivity index (χ3n) is 3.10. The Morgan fingerprint density at radius 1 is 1.55 bits per heavy atom. The summed E-state index contributed by atoms with van der Waals surface area (Å²) in [4.78, 5) is 15.8. The minimum atomic E-state index is -0.833. The van der Waals surface area contributed by atoms with Gasteiger partial charge in [0.05, 0.1) is 11.6 Å². The molecule has 0 spiro atoms. The van der Waals surface area contributed by atoms with Crippen LogP contribution in [0.1, 0.15) is 26.7 Å². The van der Waals surface area contributed by atoms with Crippen molar-refractivity contribution in [1.29, 1.82) is 0 Å². The number of amides is 1. The highest BCUT2D eigenvalue weighted by molar-refractivity contribution is 6.35. The van der Waals surface area contributed by atoms with Gasteiger partial charge >= 0.3 is 6.09 Å². The van der Waals surface area contributed by atoms with Gasteiger partial charge in [-0.3, -0.25) is 5.32 Å². The molecule has 0 saturated heterocycles. The number of anilines is 1. The van der Waals surface area contributed by atoms with E-state index in [2.05, 4.69) is 10.3 Å². The van der Waals surface area contributed by atoms with Crippen molar-refractivity contribution in [3.05, 3.63) is 22.8 Å². The first-order chi connectivity index (χ1) is 10.3. The number of fused-ring (bicyclic) bond motifs is 1. The molecule has 2 rings (SSSR count). The van der Waals surface area contributed by atoms with Crippen LogP contribution in [0.15, 0.2) is 10.5 Å². The Morgan fingerprint density at radius 3 is 2.82 bits per heavy atom. The summed E-state index contributed by atoms with van der Waals surface area (Å²) in [6.45, 7) is 5.27. The van der Waals surface area contributed by atoms with E-state index in [1.165, 1.54) is 7.11 Å². The Kier molecular flexibility index (Phi) is 4.58. The number of nitrogens with one attached hydrogen (secondary N) is 1. The SMILES string of the molecule is CCOC(=O)Nc1c(F)cc(Cl)c2nc(C(C)(C)OC)oc12. The Labute approximate surface area is 131 Å². The van der Waals surface area contributed by atoms with Gasteiger partial charge in [-0.1, -0.05) is 11.6 Å². The smallest absolute Gasteiger partial charge is 0.411 e. The Bertz CT molecular complexity index is 714. The molecule has 120 valence electrons. The first-order valence-electron chi connectivity index (χ1n) is 6.58. The maximum atomic E-state index is 14.1. The molecule has 1 aromatic heterocycles. The summed E-state index contributed by atoms with van der Waals surface area (Å²) in [5, 5.41) is 2.37. The van der Waals surface area contributed by atoms with Gasteiger partial charge in [-0.25, -0.2) is 14.2 Å². The fourth-order valence-electron chi connectivity index (χ4n) is 1.74. The minimum Gasteiger partial charge on any atom is -0.450 e. The highest BCUT2D eigenvalue weighted by Gasteiger charge is 2.29. The fraction of sp³-hybridized carbons (Fsp3) is 0.429. The van der Waals surface area contributed by atoms with Crippen molar-refractivity contribution in [2.45, 2.75) is 26.4 Å². The molecular weight excluding hydrogens is 315 g/mol. The molecule has 0 unspecified atom stereocenters. The molecule has 0 saturated carbocycles. The van der Waals surface area contributed by atoms with Gasteiger partial charge in [-0.05, 0) is 26.8 Å². The quantitative estimate of drug-likeness (QED) is 0.914. The predicted molar refractivity (Wildman–Crippen MR) is 79.7 cm³/mol. The molecule has 6 nitrogen and oxygen atoms in total. The van der Waals surface area contributed by atoms with Gasteiger partial charge < -0.3 is 13.9 Å². The van der Waals surface area contributed by atoms with Crippen molar-refractivity contribution in [2.75, 3.05) is 19.0 Å². The molecule has 1 N–H and O–H groups in total. The minimum absolute atomic E-state index is 0.0261. The van der Waals surface area contributed by atoms with Crippen molar-refractivity contribution in [3.63, 3.8) is 0 Å². The molecule has 0 fully saturated rings. The second-order valence-corrected chi connectivity index (χ2v) is 5.38. The average Bonchev–Trinajstić information content (AvgIpc) is 2.90. The molecule has 0 aliphatic heterocycles. The summed E-state index contributed by atoms with van der Waals surface area (Å²) >= 11 is 5.99. The first kappa shape index (κ1) is 16.5. The number of rotatable bonds is 4. The third-order valence-corrected chi connectivity index (χ3v) is 3.39. The highest BCUT2D eigenvalue weighted by Crippen LogP contribution is 2.36. The van der Waals surface area contributed by atoms with Crippen LogP contribution in [0, 0.1) is 5.82 Å². The molecule has 22 heavy (non-hydrogen) atoms. The number of aromatic nitrogens is 1. The number of carbonyl (C=O) groups excluding carboxylic acids is 1. The first-order valence-corrected chi connectivity index (χ1v) is 6.96. The summed E-state index contributed by atoms with van der Waals surface area (Å²) in [6, 6.07) is 1.05. The lowest BCUT2D eigenvalue weighted by Gasteiger charge is -2.17. The van der Waals surface area contributed by atoms with Crippen molar-refractivity contribution in [1.82, 2.24) is 4.98 Å². The maximum absolute atomic E-state index is 14.1. The number of hydrogen-bond donors (Lipinski definition) is 1. The van der Waals surface area contributed by atoms with Gasteiger partial charge in [0, 0.05) is 7.11 Å². The van der Waals surface area contributed by atoms with Crippen LogP contribution in [-0.4, -0.2) is 24.8 Å². The maximum Gasteiger partial charge on any atom is 0.411 e. The molecule has 1 heterocycles. The lowest BCUT2D eigenvalue weighted by Crippen LogP contribution is -2.19. The van der Waals surface area contributed by atoms with E-state index in [4.69, 9.17) is 25.5 Å². The van der Waals surface area contributed by atoms with Crippen LogP contribution in [-0.2, 0) is 15.1 Å². The van der Waals surface area contributed by atoms with E-state index >= 15 is 0 Å². The van der Waals surface area contributed by atoms with E-state index in [1.807, 2.05) is 0 Å². The molecule has 8 heteroatoms. The van der Waals surface area contributed by atoms with E-state index in [9.17, 15) is 9.18 Å². The number of oxazole rings is 1. The average molecular weight is 331 g/mol. The second kappa shape index (κ2) is 6.10. The Balaban J connectivity index is 2.58. The van der Waals surface area contributed by atoms with E-state index in [1.54, 1.807) is 20.8 Å². The number of methoxy groups -OCH3 is 1. The van der Waals surface area contributed by atoms with E-state index in [0.717, 1.165) is 6.07 Å². The summed E-state index contributed by atoms with van der Waals surface area (Å²) in [7, 11) is 1.49. The van der Waals surface area contributed by atoms with Crippen molar-refractivity contribution in [3.8, 4) is 0 Å². The zero-order valence-electron chi connectivity index (χ0n) is 12.6. The molecule has 1 aromatic carbocycles. The highest BCUT2D eigenvalue weighted by atomic mass is 35.5. The summed E-state index contributed by atoms with van der Waals surface area (Å²) < 4.78 is 29.7. The van der Waals surface area contributed by atoms with Crippen molar-refractivity contribution in [2.24, 2.45) is 0 Å². The number of ether oxygens (including phenoxy) is 2. The molecule has 1 amide bonds. The van der Waals surface area contributed by atoms with Crippen LogP contribution < -0.4 is 5.32 Å². The predicted octanol–water partition coefficient (Wildman–Crippen LogP) is 4.07. The van der Waals surface area contributed by atoms with Gasteiger partial charge in [0.25, 0.3) is 0 Å². The number of nitrogens with zero attached hydrogens (tertiary/aromatic N) is 1. The van der Waals surface area contributed by atoms with Crippen molar-refractivity contribution < 1.29 is 23.1 Å².